The van der Waals surface area contributed by atoms with E-state index in [1.807, 2.05) is 32.9 Å². The molecule has 1 heterocycles. The van der Waals surface area contributed by atoms with Crippen molar-refractivity contribution < 1.29 is 14.3 Å². The van der Waals surface area contributed by atoms with Gasteiger partial charge in [-0.15, -0.1) is 0 Å². The van der Waals surface area contributed by atoms with Crippen LogP contribution in [0.2, 0.25) is 0 Å². The van der Waals surface area contributed by atoms with Crippen molar-refractivity contribution in [3.63, 3.8) is 0 Å². The Balaban J connectivity index is 1.94. The van der Waals surface area contributed by atoms with Gasteiger partial charge in [-0.1, -0.05) is 17.7 Å². The number of pyridine rings is 1. The van der Waals surface area contributed by atoms with Crippen LogP contribution in [0, 0.1) is 20.8 Å². The van der Waals surface area contributed by atoms with Crippen molar-refractivity contribution >= 4 is 28.5 Å². The van der Waals surface area contributed by atoms with Crippen LogP contribution in [0.25, 0.3) is 10.9 Å². The Morgan fingerprint density at radius 3 is 2.50 bits per heavy atom. The zero-order valence-electron chi connectivity index (χ0n) is 16.3. The molecular formula is C22H22N2O4. The number of carbonyl (C=O) groups excluding carboxylic acids is 2. The first-order chi connectivity index (χ1) is 13.3. The molecular weight excluding hydrogens is 356 g/mol. The van der Waals surface area contributed by atoms with Gasteiger partial charge in [0, 0.05) is 17.1 Å². The summed E-state index contributed by atoms with van der Waals surface area (Å²) in [6.07, 6.45) is 0. The highest BCUT2D eigenvalue weighted by Crippen LogP contribution is 2.22. The first kappa shape index (κ1) is 19.4. The number of hydrogen-bond donors (Lipinski definition) is 1. The number of methoxy groups -OCH3 is 1. The third kappa shape index (κ3) is 3.81. The van der Waals surface area contributed by atoms with Gasteiger partial charge in [-0.25, -0.2) is 4.79 Å². The summed E-state index contributed by atoms with van der Waals surface area (Å²) >= 11 is 0. The summed E-state index contributed by atoms with van der Waals surface area (Å²) < 4.78 is 6.18. The molecule has 1 N–H and O–H groups in total. The minimum atomic E-state index is -0.483. The summed E-state index contributed by atoms with van der Waals surface area (Å²) in [6, 6.07) is 12.0. The molecule has 6 heteroatoms. The van der Waals surface area contributed by atoms with E-state index in [0.717, 1.165) is 27.6 Å². The van der Waals surface area contributed by atoms with Crippen LogP contribution in [0.3, 0.4) is 0 Å². The highest BCUT2D eigenvalue weighted by molar-refractivity contribution is 5.95. The maximum atomic E-state index is 12.6. The number of nitrogens with one attached hydrogen (secondary N) is 1. The van der Waals surface area contributed by atoms with E-state index in [9.17, 15) is 14.4 Å². The molecule has 28 heavy (non-hydrogen) atoms. The highest BCUT2D eigenvalue weighted by atomic mass is 16.5. The van der Waals surface area contributed by atoms with Gasteiger partial charge in [0.2, 0.25) is 5.91 Å². The molecule has 0 unspecified atom stereocenters. The van der Waals surface area contributed by atoms with Crippen molar-refractivity contribution in [3.8, 4) is 0 Å². The van der Waals surface area contributed by atoms with E-state index >= 15 is 0 Å². The number of ether oxygens (including phenoxy) is 1. The molecule has 0 aliphatic heterocycles. The zero-order chi connectivity index (χ0) is 20.4. The molecule has 0 atom stereocenters. The number of rotatable bonds is 4. The molecule has 0 aliphatic rings. The Kier molecular flexibility index (Phi) is 5.31. The number of nitrogens with zero attached hydrogens (tertiary/aromatic N) is 1. The third-order valence-corrected chi connectivity index (χ3v) is 4.61. The first-order valence-corrected chi connectivity index (χ1v) is 8.90. The van der Waals surface area contributed by atoms with Crippen molar-refractivity contribution in [3.05, 3.63) is 75.1 Å². The maximum absolute atomic E-state index is 12.6. The topological polar surface area (TPSA) is 77.4 Å². The number of aromatic nitrogens is 1. The zero-order valence-corrected chi connectivity index (χ0v) is 16.3. The molecule has 1 amide bonds. The summed E-state index contributed by atoms with van der Waals surface area (Å²) in [5.74, 6) is -0.836. The second-order valence-corrected chi connectivity index (χ2v) is 6.85. The fourth-order valence-corrected chi connectivity index (χ4v) is 3.41. The average Bonchev–Trinajstić information content (AvgIpc) is 2.64. The van der Waals surface area contributed by atoms with Crippen LogP contribution >= 0.6 is 0 Å². The molecule has 1 aromatic heterocycles. The van der Waals surface area contributed by atoms with Gasteiger partial charge < -0.3 is 10.1 Å². The van der Waals surface area contributed by atoms with E-state index in [1.54, 1.807) is 24.3 Å². The van der Waals surface area contributed by atoms with E-state index in [2.05, 4.69) is 5.32 Å². The minimum Gasteiger partial charge on any atom is -0.465 e. The van der Waals surface area contributed by atoms with Gasteiger partial charge in [-0.05, 0) is 56.2 Å². The van der Waals surface area contributed by atoms with Crippen molar-refractivity contribution in [2.75, 3.05) is 12.4 Å². The molecule has 0 saturated carbocycles. The smallest absolute Gasteiger partial charge is 0.337 e. The number of benzene rings is 2. The number of carbonyl (C=O) groups is 2. The lowest BCUT2D eigenvalue weighted by Crippen LogP contribution is -2.28. The Hall–Kier alpha value is -3.41. The fourth-order valence-electron chi connectivity index (χ4n) is 3.41. The molecule has 144 valence electrons. The average molecular weight is 378 g/mol. The van der Waals surface area contributed by atoms with Crippen LogP contribution in [0.4, 0.5) is 5.69 Å². The van der Waals surface area contributed by atoms with Crippen LogP contribution in [-0.2, 0) is 16.1 Å². The molecule has 0 aliphatic carbocycles. The predicted octanol–water partition coefficient (Wildman–Crippen LogP) is 3.35. The van der Waals surface area contributed by atoms with Gasteiger partial charge in [0.05, 0.1) is 18.2 Å². The molecule has 0 radical (unpaired) electrons. The van der Waals surface area contributed by atoms with Crippen molar-refractivity contribution in [1.29, 1.82) is 0 Å². The Morgan fingerprint density at radius 1 is 1.04 bits per heavy atom. The summed E-state index contributed by atoms with van der Waals surface area (Å²) in [7, 11) is 1.30. The van der Waals surface area contributed by atoms with E-state index in [-0.39, 0.29) is 18.0 Å². The molecule has 3 rings (SSSR count). The van der Waals surface area contributed by atoms with Gasteiger partial charge in [0.15, 0.2) is 0 Å². The minimum absolute atomic E-state index is 0.123. The lowest BCUT2D eigenvalue weighted by atomic mass is 10.0. The van der Waals surface area contributed by atoms with E-state index < -0.39 is 5.97 Å². The number of amides is 1. The molecule has 2 aromatic carbocycles. The number of aryl methyl sites for hydroxylation is 3. The van der Waals surface area contributed by atoms with Crippen LogP contribution in [-0.4, -0.2) is 23.6 Å². The number of esters is 1. The van der Waals surface area contributed by atoms with E-state index in [4.69, 9.17) is 4.74 Å². The third-order valence-electron chi connectivity index (χ3n) is 4.61. The molecule has 3 aromatic rings. The van der Waals surface area contributed by atoms with Crippen LogP contribution < -0.4 is 10.9 Å². The fraction of sp³-hybridized carbons (Fsp3) is 0.227. The van der Waals surface area contributed by atoms with Crippen molar-refractivity contribution in [2.24, 2.45) is 0 Å². The van der Waals surface area contributed by atoms with Crippen molar-refractivity contribution in [1.82, 2.24) is 4.57 Å². The molecule has 0 bridgehead atoms. The van der Waals surface area contributed by atoms with Crippen LogP contribution in [0.1, 0.15) is 27.0 Å². The van der Waals surface area contributed by atoms with Gasteiger partial charge in [-0.3, -0.25) is 14.2 Å². The number of fused-ring (bicyclic) bond motifs is 1. The number of hydrogen-bond acceptors (Lipinski definition) is 4. The predicted molar refractivity (Wildman–Crippen MR) is 109 cm³/mol. The van der Waals surface area contributed by atoms with Crippen LogP contribution in [0.15, 0.2) is 47.3 Å². The van der Waals surface area contributed by atoms with Gasteiger partial charge in [0.25, 0.3) is 5.56 Å². The summed E-state index contributed by atoms with van der Waals surface area (Å²) in [5.41, 5.74) is 4.26. The van der Waals surface area contributed by atoms with Gasteiger partial charge >= 0.3 is 5.97 Å². The quantitative estimate of drug-likeness (QED) is 0.706. The molecule has 6 nitrogen and oxygen atoms in total. The lowest BCUT2D eigenvalue weighted by Gasteiger charge is -2.15. The summed E-state index contributed by atoms with van der Waals surface area (Å²) in [6.45, 7) is 5.71. The first-order valence-electron chi connectivity index (χ1n) is 8.90. The van der Waals surface area contributed by atoms with Crippen molar-refractivity contribution in [2.45, 2.75) is 27.3 Å². The van der Waals surface area contributed by atoms with Gasteiger partial charge in [-0.2, -0.15) is 0 Å². The molecule has 0 spiro atoms. The second-order valence-electron chi connectivity index (χ2n) is 6.85. The Bertz CT molecular complexity index is 1150. The number of anilines is 1. The monoisotopic (exact) mass is 378 g/mol. The Morgan fingerprint density at radius 2 is 1.79 bits per heavy atom. The van der Waals surface area contributed by atoms with E-state index in [0.29, 0.717) is 11.3 Å². The SMILES string of the molecule is COC(=O)c1cccc(NC(=O)Cn2c(=O)cc(C)c3cc(C)cc(C)c32)c1. The van der Waals surface area contributed by atoms with Gasteiger partial charge in [0.1, 0.15) is 6.54 Å². The molecule has 0 fully saturated rings. The lowest BCUT2D eigenvalue weighted by molar-refractivity contribution is -0.116. The largest absolute Gasteiger partial charge is 0.465 e. The molecule has 0 saturated heterocycles. The summed E-state index contributed by atoms with van der Waals surface area (Å²) in [5, 5.41) is 3.70. The maximum Gasteiger partial charge on any atom is 0.337 e. The standard InChI is InChI=1S/C22H22N2O4/c1-13-8-15(3)21-18(9-13)14(2)10-20(26)24(21)12-19(25)23-17-7-5-6-16(11-17)22(27)28-4/h5-11H,12H2,1-4H3,(H,23,25). The summed E-state index contributed by atoms with van der Waals surface area (Å²) in [4.78, 5) is 36.8. The Labute approximate surface area is 162 Å². The highest BCUT2D eigenvalue weighted by Gasteiger charge is 2.14. The van der Waals surface area contributed by atoms with E-state index in [1.165, 1.54) is 17.7 Å². The second kappa shape index (κ2) is 7.68. The normalized spacial score (nSPS) is 10.7. The van der Waals surface area contributed by atoms with Crippen LogP contribution in [0.5, 0.6) is 0 Å².